The highest BCUT2D eigenvalue weighted by atomic mass is 32.2. The number of nitrogens with one attached hydrogen (secondary N) is 1. The Hall–Kier alpha value is -0.170. The lowest BCUT2D eigenvalue weighted by Gasteiger charge is -2.15. The molecule has 0 bridgehead atoms. The first kappa shape index (κ1) is 15.8. The van der Waals surface area contributed by atoms with Gasteiger partial charge in [-0.2, -0.15) is 0 Å². The van der Waals surface area contributed by atoms with Gasteiger partial charge in [0.2, 0.25) is 0 Å². The van der Waals surface area contributed by atoms with Crippen LogP contribution >= 0.6 is 0 Å². The summed E-state index contributed by atoms with van der Waals surface area (Å²) in [4.78, 5) is 0. The van der Waals surface area contributed by atoms with Crippen LogP contribution < -0.4 is 5.32 Å². The fourth-order valence-corrected chi connectivity index (χ4v) is 2.01. The van der Waals surface area contributed by atoms with Crippen LogP contribution in [0.2, 0.25) is 0 Å². The summed E-state index contributed by atoms with van der Waals surface area (Å²) in [7, 11) is 0.264. The van der Waals surface area contributed by atoms with Crippen LogP contribution in [-0.4, -0.2) is 59.4 Å². The van der Waals surface area contributed by atoms with Crippen LogP contribution in [0.3, 0.4) is 0 Å². The van der Waals surface area contributed by atoms with E-state index in [9.17, 15) is 8.42 Å². The Kier molecular flexibility index (Phi) is 7.91. The third-order valence-electron chi connectivity index (χ3n) is 2.34. The zero-order chi connectivity index (χ0) is 12.6. The zero-order valence-corrected chi connectivity index (χ0v) is 11.3. The SMILES string of the molecule is COCC(CNCCS(=O)(=O)C(C)C)OC. The Morgan fingerprint density at radius 1 is 1.25 bits per heavy atom. The third-order valence-corrected chi connectivity index (χ3v) is 4.55. The molecule has 0 aliphatic rings. The standard InChI is InChI=1S/C10H23NO4S/c1-9(2)16(12,13)6-5-11-7-10(15-4)8-14-3/h9-11H,5-8H2,1-4H3. The monoisotopic (exact) mass is 253 g/mol. The van der Waals surface area contributed by atoms with Gasteiger partial charge in [-0.25, -0.2) is 8.42 Å². The lowest BCUT2D eigenvalue weighted by atomic mass is 10.4. The van der Waals surface area contributed by atoms with Gasteiger partial charge in [0.1, 0.15) is 0 Å². The summed E-state index contributed by atoms with van der Waals surface area (Å²) in [6.07, 6.45) is -0.0354. The Morgan fingerprint density at radius 2 is 1.88 bits per heavy atom. The molecule has 5 nitrogen and oxygen atoms in total. The van der Waals surface area contributed by atoms with E-state index in [1.54, 1.807) is 28.1 Å². The van der Waals surface area contributed by atoms with E-state index in [4.69, 9.17) is 9.47 Å². The second-order valence-corrected chi connectivity index (χ2v) is 6.61. The summed E-state index contributed by atoms with van der Waals surface area (Å²) in [6, 6.07) is 0. The largest absolute Gasteiger partial charge is 0.382 e. The molecule has 98 valence electrons. The number of sulfone groups is 1. The Labute approximate surface area is 98.4 Å². The summed E-state index contributed by atoms with van der Waals surface area (Å²) in [5.41, 5.74) is 0. The van der Waals surface area contributed by atoms with E-state index in [2.05, 4.69) is 5.32 Å². The van der Waals surface area contributed by atoms with E-state index >= 15 is 0 Å². The molecule has 0 spiro atoms. The minimum absolute atomic E-state index is 0.0354. The van der Waals surface area contributed by atoms with Crippen LogP contribution in [0, 0.1) is 0 Å². The molecule has 0 saturated heterocycles. The average molecular weight is 253 g/mol. The lowest BCUT2D eigenvalue weighted by Crippen LogP contribution is -2.35. The Balaban J connectivity index is 3.75. The molecule has 1 unspecified atom stereocenters. The maximum atomic E-state index is 11.5. The predicted octanol–water partition coefficient (Wildman–Crippen LogP) is 0.0606. The van der Waals surface area contributed by atoms with Crippen LogP contribution in [0.1, 0.15) is 13.8 Å². The van der Waals surface area contributed by atoms with Gasteiger partial charge >= 0.3 is 0 Å². The molecule has 0 saturated carbocycles. The summed E-state index contributed by atoms with van der Waals surface area (Å²) in [5.74, 6) is 0.161. The van der Waals surface area contributed by atoms with E-state index in [-0.39, 0.29) is 17.1 Å². The van der Waals surface area contributed by atoms with Crippen molar-refractivity contribution in [3.63, 3.8) is 0 Å². The normalized spacial score (nSPS) is 14.3. The molecule has 0 fully saturated rings. The van der Waals surface area contributed by atoms with Crippen molar-refractivity contribution in [1.82, 2.24) is 5.32 Å². The van der Waals surface area contributed by atoms with Crippen LogP contribution in [0.15, 0.2) is 0 Å². The van der Waals surface area contributed by atoms with Crippen molar-refractivity contribution in [3.8, 4) is 0 Å². The summed E-state index contributed by atoms with van der Waals surface area (Å²) in [6.45, 7) is 4.93. The van der Waals surface area contributed by atoms with Crippen molar-refractivity contribution in [3.05, 3.63) is 0 Å². The molecule has 0 aromatic rings. The highest BCUT2D eigenvalue weighted by Gasteiger charge is 2.15. The zero-order valence-electron chi connectivity index (χ0n) is 10.5. The van der Waals surface area contributed by atoms with Crippen molar-refractivity contribution in [1.29, 1.82) is 0 Å². The number of ether oxygens (including phenoxy) is 2. The van der Waals surface area contributed by atoms with E-state index < -0.39 is 9.84 Å². The smallest absolute Gasteiger partial charge is 0.153 e. The molecular weight excluding hydrogens is 230 g/mol. The second kappa shape index (κ2) is 8.00. The minimum Gasteiger partial charge on any atom is -0.382 e. The molecule has 0 aliphatic heterocycles. The molecule has 1 atom stereocenters. The molecule has 0 aromatic carbocycles. The molecule has 0 aliphatic carbocycles. The first-order valence-corrected chi connectivity index (χ1v) is 7.09. The third kappa shape index (κ3) is 6.42. The summed E-state index contributed by atoms with van der Waals surface area (Å²) in [5, 5.41) is 2.73. The molecular formula is C10H23NO4S. The van der Waals surface area contributed by atoms with E-state index in [0.717, 1.165) is 0 Å². The van der Waals surface area contributed by atoms with Crippen molar-refractivity contribution < 1.29 is 17.9 Å². The highest BCUT2D eigenvalue weighted by molar-refractivity contribution is 7.92. The quantitative estimate of drug-likeness (QED) is 0.589. The minimum atomic E-state index is -2.95. The van der Waals surface area contributed by atoms with Gasteiger partial charge in [-0.15, -0.1) is 0 Å². The molecule has 0 heterocycles. The molecule has 0 radical (unpaired) electrons. The lowest BCUT2D eigenvalue weighted by molar-refractivity contribution is 0.0293. The van der Waals surface area contributed by atoms with Gasteiger partial charge in [0.25, 0.3) is 0 Å². The molecule has 0 amide bonds. The average Bonchev–Trinajstić information content (AvgIpc) is 2.22. The van der Waals surface area contributed by atoms with Crippen LogP contribution in [0.25, 0.3) is 0 Å². The fraction of sp³-hybridized carbons (Fsp3) is 1.00. The summed E-state index contributed by atoms with van der Waals surface area (Å²) >= 11 is 0. The Bertz CT molecular complexity index is 264. The van der Waals surface area contributed by atoms with Crippen LogP contribution in [0.4, 0.5) is 0 Å². The van der Waals surface area contributed by atoms with Crippen LogP contribution in [-0.2, 0) is 19.3 Å². The fourth-order valence-electron chi connectivity index (χ4n) is 1.11. The van der Waals surface area contributed by atoms with Crippen molar-refractivity contribution >= 4 is 9.84 Å². The van der Waals surface area contributed by atoms with Gasteiger partial charge in [-0.3, -0.25) is 0 Å². The molecule has 16 heavy (non-hydrogen) atoms. The molecule has 1 N–H and O–H groups in total. The Morgan fingerprint density at radius 3 is 2.31 bits per heavy atom. The number of hydrogen-bond acceptors (Lipinski definition) is 5. The number of rotatable bonds is 9. The number of methoxy groups -OCH3 is 2. The van der Waals surface area contributed by atoms with Crippen molar-refractivity contribution in [2.45, 2.75) is 25.2 Å². The van der Waals surface area contributed by atoms with Crippen LogP contribution in [0.5, 0.6) is 0 Å². The van der Waals surface area contributed by atoms with Gasteiger partial charge in [0.05, 0.1) is 23.7 Å². The first-order chi connectivity index (χ1) is 7.44. The van der Waals surface area contributed by atoms with Gasteiger partial charge in [0, 0.05) is 27.3 Å². The maximum Gasteiger partial charge on any atom is 0.153 e. The first-order valence-electron chi connectivity index (χ1n) is 5.38. The number of hydrogen-bond donors (Lipinski definition) is 1. The predicted molar refractivity (Wildman–Crippen MR) is 64.5 cm³/mol. The molecule has 0 aromatic heterocycles. The van der Waals surface area contributed by atoms with E-state index in [1.165, 1.54) is 0 Å². The maximum absolute atomic E-state index is 11.5. The van der Waals surface area contributed by atoms with Crippen molar-refractivity contribution in [2.24, 2.45) is 0 Å². The van der Waals surface area contributed by atoms with Gasteiger partial charge in [0.15, 0.2) is 9.84 Å². The van der Waals surface area contributed by atoms with Gasteiger partial charge in [-0.1, -0.05) is 0 Å². The second-order valence-electron chi connectivity index (χ2n) is 3.93. The van der Waals surface area contributed by atoms with Crippen molar-refractivity contribution in [2.75, 3.05) is 39.7 Å². The van der Waals surface area contributed by atoms with Gasteiger partial charge < -0.3 is 14.8 Å². The van der Waals surface area contributed by atoms with E-state index in [0.29, 0.717) is 19.7 Å². The molecule has 6 heteroatoms. The summed E-state index contributed by atoms with van der Waals surface area (Å²) < 4.78 is 33.0. The van der Waals surface area contributed by atoms with Gasteiger partial charge in [-0.05, 0) is 13.8 Å². The molecule has 0 rings (SSSR count). The topological polar surface area (TPSA) is 64.6 Å². The van der Waals surface area contributed by atoms with E-state index in [1.807, 2.05) is 0 Å². The highest BCUT2D eigenvalue weighted by Crippen LogP contribution is 1.99.